The number of carbonyl (C=O) groups is 1. The number of morpholine rings is 1. The predicted octanol–water partition coefficient (Wildman–Crippen LogP) is 1.13. The first kappa shape index (κ1) is 15.7. The van der Waals surface area contributed by atoms with E-state index in [4.69, 9.17) is 4.74 Å². The van der Waals surface area contributed by atoms with Crippen LogP contribution in [0, 0.1) is 0 Å². The van der Waals surface area contributed by atoms with Crippen molar-refractivity contribution in [2.45, 2.75) is 32.5 Å². The van der Waals surface area contributed by atoms with Gasteiger partial charge >= 0.3 is 0 Å². The van der Waals surface area contributed by atoms with Crippen LogP contribution in [0.15, 0.2) is 18.5 Å². The van der Waals surface area contributed by atoms with Crippen LogP contribution in [0.3, 0.4) is 0 Å². The van der Waals surface area contributed by atoms with Crippen LogP contribution < -0.4 is 5.32 Å². The summed E-state index contributed by atoms with van der Waals surface area (Å²) in [7, 11) is 0. The first-order valence-electron chi connectivity index (χ1n) is 7.22. The van der Waals surface area contributed by atoms with Crippen LogP contribution in [0.1, 0.15) is 31.1 Å². The molecule has 1 atom stereocenters. The van der Waals surface area contributed by atoms with Crippen molar-refractivity contribution in [3.05, 3.63) is 24.0 Å². The molecule has 0 radical (unpaired) electrons. The second-order valence-corrected chi connectivity index (χ2v) is 5.82. The standard InChI is InChI=1S/C15H23N3O3/c1-4-17-13-7-16-6-5-12(13)14(20)18-8-11(9-19)21-15(2,3)10-18/h5-7,11,17,19H,4,8-10H2,1-3H3. The van der Waals surface area contributed by atoms with Gasteiger partial charge in [0.05, 0.1) is 35.8 Å². The number of aliphatic hydroxyl groups is 1. The van der Waals surface area contributed by atoms with Crippen LogP contribution in [0.25, 0.3) is 0 Å². The Morgan fingerprint density at radius 1 is 1.62 bits per heavy atom. The van der Waals surface area contributed by atoms with Crippen molar-refractivity contribution in [1.29, 1.82) is 0 Å². The Kier molecular flexibility index (Phi) is 4.80. The maximum absolute atomic E-state index is 12.8. The summed E-state index contributed by atoms with van der Waals surface area (Å²) in [6.45, 7) is 7.34. The molecule has 1 aliphatic rings. The number of nitrogens with one attached hydrogen (secondary N) is 1. The van der Waals surface area contributed by atoms with E-state index in [9.17, 15) is 9.90 Å². The fraction of sp³-hybridized carbons (Fsp3) is 0.600. The predicted molar refractivity (Wildman–Crippen MR) is 80.3 cm³/mol. The molecule has 0 aromatic carbocycles. The summed E-state index contributed by atoms with van der Waals surface area (Å²) in [4.78, 5) is 18.6. The average Bonchev–Trinajstić information content (AvgIpc) is 2.45. The minimum atomic E-state index is -0.466. The number of anilines is 1. The molecule has 6 heteroatoms. The third-order valence-corrected chi connectivity index (χ3v) is 3.39. The highest BCUT2D eigenvalue weighted by molar-refractivity contribution is 5.99. The maximum Gasteiger partial charge on any atom is 0.256 e. The summed E-state index contributed by atoms with van der Waals surface area (Å²) < 4.78 is 5.75. The number of hydrogen-bond acceptors (Lipinski definition) is 5. The highest BCUT2D eigenvalue weighted by Crippen LogP contribution is 2.24. The van der Waals surface area contributed by atoms with E-state index in [1.54, 1.807) is 23.4 Å². The average molecular weight is 293 g/mol. The molecule has 21 heavy (non-hydrogen) atoms. The Hall–Kier alpha value is -1.66. The van der Waals surface area contributed by atoms with Crippen LogP contribution in [0.5, 0.6) is 0 Å². The zero-order chi connectivity index (χ0) is 15.5. The lowest BCUT2D eigenvalue weighted by atomic mass is 10.0. The lowest BCUT2D eigenvalue weighted by Gasteiger charge is -2.42. The van der Waals surface area contributed by atoms with Gasteiger partial charge in [-0.25, -0.2) is 0 Å². The number of nitrogens with zero attached hydrogens (tertiary/aromatic N) is 2. The Morgan fingerprint density at radius 2 is 2.38 bits per heavy atom. The molecule has 0 aliphatic carbocycles. The fourth-order valence-corrected chi connectivity index (χ4v) is 2.63. The highest BCUT2D eigenvalue weighted by Gasteiger charge is 2.36. The number of rotatable bonds is 4. The normalized spacial score (nSPS) is 21.1. The van der Waals surface area contributed by atoms with Gasteiger partial charge in [-0.15, -0.1) is 0 Å². The molecule has 2 N–H and O–H groups in total. The quantitative estimate of drug-likeness (QED) is 0.870. The van der Waals surface area contributed by atoms with Crippen molar-refractivity contribution in [3.63, 3.8) is 0 Å². The van der Waals surface area contributed by atoms with Gasteiger partial charge in [0.25, 0.3) is 5.91 Å². The fourth-order valence-electron chi connectivity index (χ4n) is 2.63. The number of carbonyl (C=O) groups excluding carboxylic acids is 1. The van der Waals surface area contributed by atoms with E-state index in [1.165, 1.54) is 0 Å². The number of pyridine rings is 1. The Morgan fingerprint density at radius 3 is 3.05 bits per heavy atom. The van der Waals surface area contributed by atoms with E-state index in [0.717, 1.165) is 12.2 Å². The van der Waals surface area contributed by atoms with Gasteiger partial charge in [-0.1, -0.05) is 0 Å². The zero-order valence-electron chi connectivity index (χ0n) is 12.8. The molecule has 1 aromatic rings. The molecule has 0 saturated carbocycles. The summed E-state index contributed by atoms with van der Waals surface area (Å²) in [5, 5.41) is 12.5. The van der Waals surface area contributed by atoms with Crippen molar-refractivity contribution in [2.24, 2.45) is 0 Å². The lowest BCUT2D eigenvalue weighted by Crippen LogP contribution is -2.55. The summed E-state index contributed by atoms with van der Waals surface area (Å²) in [5.74, 6) is -0.0665. The topological polar surface area (TPSA) is 74.7 Å². The SMILES string of the molecule is CCNc1cnccc1C(=O)N1CC(CO)OC(C)(C)C1. The van der Waals surface area contributed by atoms with Gasteiger partial charge in [0.2, 0.25) is 0 Å². The number of amides is 1. The molecule has 1 aromatic heterocycles. The molecule has 0 bridgehead atoms. The van der Waals surface area contributed by atoms with E-state index in [1.807, 2.05) is 20.8 Å². The molecule has 1 unspecified atom stereocenters. The van der Waals surface area contributed by atoms with Crippen LogP contribution in [-0.4, -0.2) is 58.8 Å². The highest BCUT2D eigenvalue weighted by atomic mass is 16.5. The van der Waals surface area contributed by atoms with Crippen LogP contribution in [0.4, 0.5) is 5.69 Å². The first-order chi connectivity index (χ1) is 9.96. The Bertz CT molecular complexity index is 505. The van der Waals surface area contributed by atoms with Crippen molar-refractivity contribution in [3.8, 4) is 0 Å². The molecular weight excluding hydrogens is 270 g/mol. The summed E-state index contributed by atoms with van der Waals surface area (Å²) >= 11 is 0. The smallest absolute Gasteiger partial charge is 0.256 e. The van der Waals surface area contributed by atoms with Gasteiger partial charge in [-0.05, 0) is 26.8 Å². The van der Waals surface area contributed by atoms with Gasteiger partial charge in [0.15, 0.2) is 0 Å². The second kappa shape index (κ2) is 6.41. The molecule has 1 aliphatic heterocycles. The van der Waals surface area contributed by atoms with Crippen molar-refractivity contribution >= 4 is 11.6 Å². The van der Waals surface area contributed by atoms with Crippen LogP contribution >= 0.6 is 0 Å². The van der Waals surface area contributed by atoms with Gasteiger partial charge in [0.1, 0.15) is 0 Å². The van der Waals surface area contributed by atoms with E-state index in [2.05, 4.69) is 10.3 Å². The van der Waals surface area contributed by atoms with Gasteiger partial charge in [0, 0.05) is 25.8 Å². The molecule has 1 saturated heterocycles. The molecule has 2 heterocycles. The lowest BCUT2D eigenvalue weighted by molar-refractivity contribution is -0.139. The zero-order valence-corrected chi connectivity index (χ0v) is 12.8. The first-order valence-corrected chi connectivity index (χ1v) is 7.22. The molecule has 1 fully saturated rings. The Balaban J connectivity index is 2.23. The van der Waals surface area contributed by atoms with Crippen LogP contribution in [0.2, 0.25) is 0 Å². The van der Waals surface area contributed by atoms with Gasteiger partial charge in [-0.2, -0.15) is 0 Å². The largest absolute Gasteiger partial charge is 0.394 e. The van der Waals surface area contributed by atoms with E-state index < -0.39 is 5.60 Å². The number of aliphatic hydroxyl groups excluding tert-OH is 1. The van der Waals surface area contributed by atoms with Crippen molar-refractivity contribution in [1.82, 2.24) is 9.88 Å². The van der Waals surface area contributed by atoms with E-state index >= 15 is 0 Å². The molecule has 2 rings (SSSR count). The molecule has 1 amide bonds. The van der Waals surface area contributed by atoms with Gasteiger partial charge in [-0.3, -0.25) is 9.78 Å². The minimum absolute atomic E-state index is 0.0665. The van der Waals surface area contributed by atoms with Gasteiger partial charge < -0.3 is 20.1 Å². The van der Waals surface area contributed by atoms with E-state index in [-0.39, 0.29) is 18.6 Å². The third kappa shape index (κ3) is 3.71. The van der Waals surface area contributed by atoms with Crippen molar-refractivity contribution in [2.75, 3.05) is 31.6 Å². The molecule has 116 valence electrons. The van der Waals surface area contributed by atoms with Crippen LogP contribution in [-0.2, 0) is 4.74 Å². The molecular formula is C15H23N3O3. The number of hydrogen-bond donors (Lipinski definition) is 2. The summed E-state index contributed by atoms with van der Waals surface area (Å²) in [5.41, 5.74) is 0.864. The second-order valence-electron chi connectivity index (χ2n) is 5.82. The van der Waals surface area contributed by atoms with E-state index in [0.29, 0.717) is 18.7 Å². The summed E-state index contributed by atoms with van der Waals surface area (Å²) in [6.07, 6.45) is 2.93. The Labute approximate surface area is 125 Å². The monoisotopic (exact) mass is 293 g/mol. The minimum Gasteiger partial charge on any atom is -0.394 e. The molecule has 0 spiro atoms. The summed E-state index contributed by atoms with van der Waals surface area (Å²) in [6, 6.07) is 1.72. The number of aromatic nitrogens is 1. The molecule has 6 nitrogen and oxygen atoms in total. The number of ether oxygens (including phenoxy) is 1. The van der Waals surface area contributed by atoms with Crippen molar-refractivity contribution < 1.29 is 14.6 Å². The third-order valence-electron chi connectivity index (χ3n) is 3.39. The maximum atomic E-state index is 12.8.